The second kappa shape index (κ2) is 6.76. The summed E-state index contributed by atoms with van der Waals surface area (Å²) in [5.41, 5.74) is -0.297. The van der Waals surface area contributed by atoms with E-state index >= 15 is 0 Å². The quantitative estimate of drug-likeness (QED) is 0.763. The van der Waals surface area contributed by atoms with Gasteiger partial charge in [-0.05, 0) is 36.7 Å². The Morgan fingerprint density at radius 2 is 1.92 bits per heavy atom. The van der Waals surface area contributed by atoms with Crippen LogP contribution in [0.15, 0.2) is 24.4 Å². The Kier molecular flexibility index (Phi) is 4.59. The Bertz CT molecular complexity index is 683. The molecular weight excluding hydrogens is 343 g/mol. The van der Waals surface area contributed by atoms with E-state index in [1.165, 1.54) is 20.0 Å². The van der Waals surface area contributed by atoms with Gasteiger partial charge in [0, 0.05) is 38.9 Å². The number of alkyl halides is 3. The second-order valence-electron chi connectivity index (χ2n) is 7.58. The summed E-state index contributed by atoms with van der Waals surface area (Å²) in [7, 11) is 1.44. The summed E-state index contributed by atoms with van der Waals surface area (Å²) in [6, 6.07) is 1.15. The van der Waals surface area contributed by atoms with E-state index in [4.69, 9.17) is 4.74 Å². The first-order valence-electron chi connectivity index (χ1n) is 9.21. The number of ether oxygens (including phenoxy) is 1. The van der Waals surface area contributed by atoms with Gasteiger partial charge in [-0.2, -0.15) is 13.2 Å². The number of fused-ring (bicyclic) bond motifs is 2. The van der Waals surface area contributed by atoms with E-state index in [9.17, 15) is 13.2 Å². The van der Waals surface area contributed by atoms with Gasteiger partial charge in [0.15, 0.2) is 0 Å². The second-order valence-corrected chi connectivity index (χ2v) is 7.58. The number of hydrogen-bond acceptors (Lipinski definition) is 4. The smallest absolute Gasteiger partial charge is 0.417 e. The number of allylic oxidation sites excluding steroid dienone is 2. The van der Waals surface area contributed by atoms with Crippen molar-refractivity contribution in [3.05, 3.63) is 30.0 Å². The Labute approximate surface area is 151 Å². The van der Waals surface area contributed by atoms with Crippen molar-refractivity contribution in [2.75, 3.05) is 44.7 Å². The molecule has 2 bridgehead atoms. The SMILES string of the molecule is COc1ncc(C(F)(F)F)cc1N1CCN(CC2CC3C=CC2C3)CC1. The molecule has 7 heteroatoms. The number of nitrogens with zero attached hydrogens (tertiary/aromatic N) is 3. The summed E-state index contributed by atoms with van der Waals surface area (Å²) in [5, 5.41) is 0. The maximum absolute atomic E-state index is 13.0. The van der Waals surface area contributed by atoms with E-state index in [0.29, 0.717) is 18.8 Å². The van der Waals surface area contributed by atoms with Crippen molar-refractivity contribution < 1.29 is 17.9 Å². The number of pyridine rings is 1. The predicted molar refractivity (Wildman–Crippen MR) is 93.3 cm³/mol. The third-order valence-electron chi connectivity index (χ3n) is 5.97. The first-order chi connectivity index (χ1) is 12.4. The Hall–Kier alpha value is -1.76. The van der Waals surface area contributed by atoms with E-state index in [-0.39, 0.29) is 5.88 Å². The molecule has 3 aliphatic rings. The van der Waals surface area contributed by atoms with E-state index < -0.39 is 11.7 Å². The third-order valence-corrected chi connectivity index (χ3v) is 5.97. The molecule has 4 nitrogen and oxygen atoms in total. The highest BCUT2D eigenvalue weighted by atomic mass is 19.4. The fraction of sp³-hybridized carbons (Fsp3) is 0.632. The first kappa shape index (κ1) is 17.6. The summed E-state index contributed by atoms with van der Waals surface area (Å²) in [6.07, 6.45) is 3.75. The van der Waals surface area contributed by atoms with Crippen LogP contribution in [0.4, 0.5) is 18.9 Å². The molecule has 0 amide bonds. The minimum absolute atomic E-state index is 0.254. The Balaban J connectivity index is 1.40. The molecule has 1 aromatic rings. The third kappa shape index (κ3) is 3.41. The monoisotopic (exact) mass is 367 g/mol. The molecule has 3 unspecified atom stereocenters. The van der Waals surface area contributed by atoms with E-state index in [2.05, 4.69) is 22.0 Å². The van der Waals surface area contributed by atoms with E-state index in [1.54, 1.807) is 0 Å². The number of rotatable bonds is 4. The Morgan fingerprint density at radius 3 is 2.50 bits per heavy atom. The molecule has 26 heavy (non-hydrogen) atoms. The first-order valence-corrected chi connectivity index (χ1v) is 9.21. The molecule has 2 heterocycles. The standard InChI is InChI=1S/C19H24F3N3O/c1-26-18-17(10-16(11-23-18)19(20,21)22)25-6-4-24(5-7-25)12-15-9-13-2-3-14(15)8-13/h2-3,10-11,13-15H,4-9,12H2,1H3. The maximum Gasteiger partial charge on any atom is 0.417 e. The summed E-state index contributed by atoms with van der Waals surface area (Å²) in [4.78, 5) is 8.27. The molecule has 0 spiro atoms. The molecule has 2 fully saturated rings. The summed E-state index contributed by atoms with van der Waals surface area (Å²) in [5.74, 6) is 2.49. The molecule has 2 aliphatic carbocycles. The van der Waals surface area contributed by atoms with Crippen molar-refractivity contribution in [1.29, 1.82) is 0 Å². The largest absolute Gasteiger partial charge is 0.480 e. The number of halogens is 3. The molecule has 0 aromatic carbocycles. The van der Waals surface area contributed by atoms with Crippen molar-refractivity contribution in [2.45, 2.75) is 19.0 Å². The zero-order valence-electron chi connectivity index (χ0n) is 14.9. The fourth-order valence-corrected chi connectivity index (χ4v) is 4.59. The van der Waals surface area contributed by atoms with E-state index in [1.807, 2.05) is 4.90 Å². The lowest BCUT2D eigenvalue weighted by Gasteiger charge is -2.38. The van der Waals surface area contributed by atoms with Gasteiger partial charge in [-0.3, -0.25) is 4.90 Å². The average molecular weight is 367 g/mol. The van der Waals surface area contributed by atoms with Crippen LogP contribution in [-0.4, -0.2) is 49.7 Å². The van der Waals surface area contributed by atoms with Crippen molar-refractivity contribution in [1.82, 2.24) is 9.88 Å². The van der Waals surface area contributed by atoms with Gasteiger partial charge in [-0.25, -0.2) is 4.98 Å². The number of methoxy groups -OCH3 is 1. The van der Waals surface area contributed by atoms with Crippen LogP contribution in [-0.2, 0) is 6.18 Å². The predicted octanol–water partition coefficient (Wildman–Crippen LogP) is 3.44. The highest BCUT2D eigenvalue weighted by Gasteiger charge is 2.37. The van der Waals surface area contributed by atoms with Crippen molar-refractivity contribution >= 4 is 5.69 Å². The molecule has 142 valence electrons. The highest BCUT2D eigenvalue weighted by Crippen LogP contribution is 2.43. The van der Waals surface area contributed by atoms with Gasteiger partial charge in [-0.1, -0.05) is 12.2 Å². The fourth-order valence-electron chi connectivity index (χ4n) is 4.59. The number of hydrogen-bond donors (Lipinski definition) is 0. The van der Waals surface area contributed by atoms with Crippen LogP contribution >= 0.6 is 0 Å². The lowest BCUT2D eigenvalue weighted by atomic mass is 9.93. The van der Waals surface area contributed by atoms with Gasteiger partial charge < -0.3 is 9.64 Å². The molecule has 0 N–H and O–H groups in total. The van der Waals surface area contributed by atoms with Crippen LogP contribution in [0.5, 0.6) is 5.88 Å². The van der Waals surface area contributed by atoms with Crippen LogP contribution in [0, 0.1) is 17.8 Å². The highest BCUT2D eigenvalue weighted by molar-refractivity contribution is 5.57. The van der Waals surface area contributed by atoms with Gasteiger partial charge in [0.25, 0.3) is 0 Å². The number of piperazine rings is 1. The molecule has 1 aromatic heterocycles. The Morgan fingerprint density at radius 1 is 1.15 bits per heavy atom. The molecule has 1 saturated heterocycles. The molecule has 3 atom stereocenters. The van der Waals surface area contributed by atoms with Crippen molar-refractivity contribution in [2.24, 2.45) is 17.8 Å². The van der Waals surface area contributed by atoms with Crippen LogP contribution in [0.25, 0.3) is 0 Å². The topological polar surface area (TPSA) is 28.6 Å². The maximum atomic E-state index is 13.0. The molecule has 1 saturated carbocycles. The molecular formula is C19H24F3N3O. The molecule has 1 aliphatic heterocycles. The van der Waals surface area contributed by atoms with Gasteiger partial charge >= 0.3 is 6.18 Å². The zero-order chi connectivity index (χ0) is 18.3. The van der Waals surface area contributed by atoms with Crippen LogP contribution in [0.2, 0.25) is 0 Å². The van der Waals surface area contributed by atoms with E-state index in [0.717, 1.165) is 49.7 Å². The molecule has 4 rings (SSSR count). The van der Waals surface area contributed by atoms with Crippen molar-refractivity contribution in [3.8, 4) is 5.88 Å². The minimum Gasteiger partial charge on any atom is -0.480 e. The average Bonchev–Trinajstić information content (AvgIpc) is 3.24. The van der Waals surface area contributed by atoms with Gasteiger partial charge in [0.2, 0.25) is 5.88 Å². The number of anilines is 1. The van der Waals surface area contributed by atoms with Gasteiger partial charge in [0.05, 0.1) is 12.7 Å². The summed E-state index contributed by atoms with van der Waals surface area (Å²) < 4.78 is 44.3. The van der Waals surface area contributed by atoms with Gasteiger partial charge in [0.1, 0.15) is 5.69 Å². The minimum atomic E-state index is -4.40. The summed E-state index contributed by atoms with van der Waals surface area (Å²) >= 11 is 0. The summed E-state index contributed by atoms with van der Waals surface area (Å²) in [6.45, 7) is 4.19. The van der Waals surface area contributed by atoms with Crippen LogP contribution in [0.3, 0.4) is 0 Å². The number of aromatic nitrogens is 1. The van der Waals surface area contributed by atoms with Crippen LogP contribution < -0.4 is 9.64 Å². The lowest BCUT2D eigenvalue weighted by Crippen LogP contribution is -2.48. The molecule has 0 radical (unpaired) electrons. The normalized spacial score (nSPS) is 28.8. The van der Waals surface area contributed by atoms with Gasteiger partial charge in [-0.15, -0.1) is 0 Å². The van der Waals surface area contributed by atoms with Crippen molar-refractivity contribution in [3.63, 3.8) is 0 Å². The zero-order valence-corrected chi connectivity index (χ0v) is 14.9. The lowest BCUT2D eigenvalue weighted by molar-refractivity contribution is -0.137. The van der Waals surface area contributed by atoms with Crippen LogP contribution in [0.1, 0.15) is 18.4 Å².